The van der Waals surface area contributed by atoms with E-state index in [1.165, 1.54) is 0 Å². The van der Waals surface area contributed by atoms with Gasteiger partial charge in [-0.2, -0.15) is 0 Å². The largest absolute Gasteiger partial charge is 0.481 e. The normalized spacial score (nSPS) is 12.8. The fourth-order valence-electron chi connectivity index (χ4n) is 1.15. The van der Waals surface area contributed by atoms with Crippen molar-refractivity contribution in [2.75, 3.05) is 13.2 Å². The van der Waals surface area contributed by atoms with Crippen LogP contribution >= 0.6 is 0 Å². The second kappa shape index (κ2) is 8.01. The Labute approximate surface area is 79.0 Å². The van der Waals surface area contributed by atoms with Gasteiger partial charge in [-0.15, -0.1) is 0 Å². The molecule has 0 saturated heterocycles. The number of hydrogen-bond donors (Lipinski definition) is 3. The zero-order chi connectivity index (χ0) is 10.1. The van der Waals surface area contributed by atoms with Gasteiger partial charge in [0.05, 0.1) is 0 Å². The maximum Gasteiger partial charge on any atom is 0.303 e. The molecule has 0 aliphatic carbocycles. The average Bonchev–Trinajstić information content (AvgIpc) is 2.10. The van der Waals surface area contributed by atoms with Crippen LogP contribution in [0.2, 0.25) is 0 Å². The minimum Gasteiger partial charge on any atom is -0.481 e. The summed E-state index contributed by atoms with van der Waals surface area (Å²) in [4.78, 5) is 10.2. The predicted molar refractivity (Wildman–Crippen MR) is 50.7 cm³/mol. The highest BCUT2D eigenvalue weighted by Gasteiger charge is 2.04. The molecule has 0 radical (unpaired) electrons. The molecule has 3 N–H and O–H groups in total. The van der Waals surface area contributed by atoms with Gasteiger partial charge in [-0.05, 0) is 25.8 Å². The van der Waals surface area contributed by atoms with Gasteiger partial charge in [0.1, 0.15) is 0 Å². The lowest BCUT2D eigenvalue weighted by Crippen LogP contribution is -2.30. The van der Waals surface area contributed by atoms with Crippen LogP contribution in [0.4, 0.5) is 0 Å². The highest BCUT2D eigenvalue weighted by molar-refractivity contribution is 5.66. The highest BCUT2D eigenvalue weighted by Crippen LogP contribution is 1.97. The summed E-state index contributed by atoms with van der Waals surface area (Å²) in [5.41, 5.74) is 0. The van der Waals surface area contributed by atoms with E-state index in [-0.39, 0.29) is 13.0 Å². The van der Waals surface area contributed by atoms with Gasteiger partial charge in [-0.3, -0.25) is 4.79 Å². The summed E-state index contributed by atoms with van der Waals surface area (Å²) in [5, 5.41) is 20.3. The molecule has 13 heavy (non-hydrogen) atoms. The Kier molecular flexibility index (Phi) is 7.63. The maximum absolute atomic E-state index is 10.2. The fraction of sp³-hybridized carbons (Fsp3) is 0.889. The molecule has 0 bridgehead atoms. The van der Waals surface area contributed by atoms with Crippen LogP contribution < -0.4 is 5.32 Å². The first-order valence-corrected chi connectivity index (χ1v) is 4.76. The van der Waals surface area contributed by atoms with Crippen molar-refractivity contribution in [2.24, 2.45) is 0 Å². The monoisotopic (exact) mass is 189 g/mol. The minimum absolute atomic E-state index is 0.185. The third-order valence-corrected chi connectivity index (χ3v) is 1.97. The van der Waals surface area contributed by atoms with Crippen LogP contribution in [0, 0.1) is 0 Å². The van der Waals surface area contributed by atoms with Crippen molar-refractivity contribution in [2.45, 2.75) is 38.6 Å². The van der Waals surface area contributed by atoms with Crippen LogP contribution in [0.15, 0.2) is 0 Å². The van der Waals surface area contributed by atoms with E-state index in [1.807, 2.05) is 6.92 Å². The smallest absolute Gasteiger partial charge is 0.303 e. The summed E-state index contributed by atoms with van der Waals surface area (Å²) in [6.45, 7) is 2.94. The number of nitrogens with one attached hydrogen (secondary N) is 1. The molecule has 0 aliphatic heterocycles. The Hall–Kier alpha value is -0.610. The number of carboxylic acids is 1. The Morgan fingerprint density at radius 3 is 2.69 bits per heavy atom. The molecule has 0 aliphatic rings. The van der Waals surface area contributed by atoms with Crippen molar-refractivity contribution in [3.63, 3.8) is 0 Å². The molecular weight excluding hydrogens is 170 g/mol. The summed E-state index contributed by atoms with van der Waals surface area (Å²) >= 11 is 0. The van der Waals surface area contributed by atoms with Gasteiger partial charge >= 0.3 is 5.97 Å². The summed E-state index contributed by atoms with van der Waals surface area (Å²) in [6, 6.07) is 0.318. The molecule has 0 spiro atoms. The summed E-state index contributed by atoms with van der Waals surface area (Å²) < 4.78 is 0. The molecule has 4 heteroatoms. The molecule has 78 valence electrons. The zero-order valence-electron chi connectivity index (χ0n) is 8.12. The van der Waals surface area contributed by atoms with Gasteiger partial charge in [0.15, 0.2) is 0 Å². The van der Waals surface area contributed by atoms with E-state index in [2.05, 4.69) is 5.32 Å². The van der Waals surface area contributed by atoms with E-state index in [0.717, 1.165) is 12.8 Å². The number of hydrogen-bond acceptors (Lipinski definition) is 3. The van der Waals surface area contributed by atoms with Crippen molar-refractivity contribution in [1.82, 2.24) is 5.32 Å². The molecule has 1 atom stereocenters. The summed E-state index contributed by atoms with van der Waals surface area (Å²) in [5.74, 6) is -0.753. The maximum atomic E-state index is 10.2. The summed E-state index contributed by atoms with van der Waals surface area (Å²) in [6.07, 6.45) is 2.57. The zero-order valence-corrected chi connectivity index (χ0v) is 8.12. The Bertz CT molecular complexity index is 139. The third kappa shape index (κ3) is 7.74. The first-order chi connectivity index (χ1) is 6.20. The Morgan fingerprint density at radius 1 is 1.54 bits per heavy atom. The third-order valence-electron chi connectivity index (χ3n) is 1.97. The van der Waals surface area contributed by atoms with Crippen LogP contribution in [0.3, 0.4) is 0 Å². The van der Waals surface area contributed by atoms with Gasteiger partial charge < -0.3 is 15.5 Å². The van der Waals surface area contributed by atoms with E-state index in [0.29, 0.717) is 19.0 Å². The molecule has 0 heterocycles. The van der Waals surface area contributed by atoms with E-state index in [9.17, 15) is 4.79 Å². The van der Waals surface area contributed by atoms with Crippen molar-refractivity contribution < 1.29 is 15.0 Å². The molecule has 0 rings (SSSR count). The van der Waals surface area contributed by atoms with Gasteiger partial charge in [0.2, 0.25) is 0 Å². The van der Waals surface area contributed by atoms with Gasteiger partial charge in [0, 0.05) is 19.1 Å². The fourth-order valence-corrected chi connectivity index (χ4v) is 1.15. The molecule has 0 aromatic rings. The Morgan fingerprint density at radius 2 is 2.23 bits per heavy atom. The van der Waals surface area contributed by atoms with Crippen LogP contribution in [-0.2, 0) is 4.79 Å². The molecular formula is C9H19NO3. The highest BCUT2D eigenvalue weighted by atomic mass is 16.4. The molecule has 1 unspecified atom stereocenters. The van der Waals surface area contributed by atoms with E-state index in [4.69, 9.17) is 10.2 Å². The van der Waals surface area contributed by atoms with Crippen LogP contribution in [-0.4, -0.2) is 35.4 Å². The molecule has 0 saturated carbocycles. The standard InChI is InChI=1S/C9H19NO3/c1-2-8(5-7-11)10-6-3-4-9(12)13/h8,10-11H,2-7H2,1H3,(H,12,13). The number of aliphatic hydroxyl groups excluding tert-OH is 1. The first-order valence-electron chi connectivity index (χ1n) is 4.76. The SMILES string of the molecule is CCC(CCO)NCCCC(=O)O. The number of rotatable bonds is 8. The van der Waals surface area contributed by atoms with Crippen molar-refractivity contribution in [3.8, 4) is 0 Å². The van der Waals surface area contributed by atoms with Crippen molar-refractivity contribution in [3.05, 3.63) is 0 Å². The molecule has 4 nitrogen and oxygen atoms in total. The number of aliphatic hydroxyl groups is 1. The number of carboxylic acid groups (broad SMARTS) is 1. The lowest BCUT2D eigenvalue weighted by Gasteiger charge is -2.14. The first kappa shape index (κ1) is 12.4. The van der Waals surface area contributed by atoms with Gasteiger partial charge in [-0.1, -0.05) is 6.92 Å². The quantitative estimate of drug-likeness (QED) is 0.489. The molecule has 0 aromatic heterocycles. The van der Waals surface area contributed by atoms with Gasteiger partial charge in [-0.25, -0.2) is 0 Å². The second-order valence-electron chi connectivity index (χ2n) is 3.07. The van der Waals surface area contributed by atoms with Gasteiger partial charge in [0.25, 0.3) is 0 Å². The second-order valence-corrected chi connectivity index (χ2v) is 3.07. The average molecular weight is 189 g/mol. The minimum atomic E-state index is -0.753. The van der Waals surface area contributed by atoms with E-state index < -0.39 is 5.97 Å². The van der Waals surface area contributed by atoms with Crippen molar-refractivity contribution in [1.29, 1.82) is 0 Å². The van der Waals surface area contributed by atoms with Crippen LogP contribution in [0.5, 0.6) is 0 Å². The van der Waals surface area contributed by atoms with E-state index >= 15 is 0 Å². The number of aliphatic carboxylic acids is 1. The summed E-state index contributed by atoms with van der Waals surface area (Å²) in [7, 11) is 0. The molecule has 0 amide bonds. The molecule has 0 aromatic carbocycles. The van der Waals surface area contributed by atoms with Crippen LogP contribution in [0.1, 0.15) is 32.6 Å². The lowest BCUT2D eigenvalue weighted by molar-refractivity contribution is -0.137. The lowest BCUT2D eigenvalue weighted by atomic mass is 10.1. The topological polar surface area (TPSA) is 69.6 Å². The Balaban J connectivity index is 3.32. The molecule has 0 fully saturated rings. The van der Waals surface area contributed by atoms with E-state index in [1.54, 1.807) is 0 Å². The van der Waals surface area contributed by atoms with Crippen LogP contribution in [0.25, 0.3) is 0 Å². The predicted octanol–water partition coefficient (Wildman–Crippen LogP) is 0.602. The number of carbonyl (C=O) groups is 1. The van der Waals surface area contributed by atoms with Crippen molar-refractivity contribution >= 4 is 5.97 Å².